The van der Waals surface area contributed by atoms with E-state index in [-0.39, 0.29) is 18.2 Å². The predicted molar refractivity (Wildman–Crippen MR) is 54.3 cm³/mol. The molecule has 0 aliphatic carbocycles. The molecule has 4 nitrogen and oxygen atoms in total. The Balaban J connectivity index is 2.30. The van der Waals surface area contributed by atoms with E-state index in [1.54, 1.807) is 12.1 Å². The molecule has 1 aliphatic rings. The van der Waals surface area contributed by atoms with E-state index in [2.05, 4.69) is 10.6 Å². The van der Waals surface area contributed by atoms with Crippen molar-refractivity contribution in [2.45, 2.75) is 6.04 Å². The molecule has 1 aliphatic heterocycles. The molecule has 0 saturated carbocycles. The van der Waals surface area contributed by atoms with E-state index in [1.165, 1.54) is 13.2 Å². The molecule has 0 spiro atoms. The average molecular weight is 210 g/mol. The molecule has 1 heterocycles. The molecule has 0 fully saturated rings. The van der Waals surface area contributed by atoms with E-state index in [0.717, 1.165) is 0 Å². The molecule has 0 aromatic heterocycles. The number of halogens is 1. The molecular weight excluding hydrogens is 199 g/mol. The fourth-order valence-corrected chi connectivity index (χ4v) is 1.52. The van der Waals surface area contributed by atoms with Gasteiger partial charge in [0.2, 0.25) is 5.91 Å². The van der Waals surface area contributed by atoms with E-state index < -0.39 is 11.9 Å². The molecule has 2 rings (SSSR count). The van der Waals surface area contributed by atoms with Gasteiger partial charge in [-0.3, -0.25) is 4.79 Å². The summed E-state index contributed by atoms with van der Waals surface area (Å²) in [6.07, 6.45) is 0. The van der Waals surface area contributed by atoms with Crippen LogP contribution in [0.25, 0.3) is 0 Å². The van der Waals surface area contributed by atoms with Gasteiger partial charge in [-0.05, 0) is 12.1 Å². The minimum absolute atomic E-state index is 0.204. The molecule has 0 radical (unpaired) electrons. The van der Waals surface area contributed by atoms with Gasteiger partial charge in [0.1, 0.15) is 17.5 Å². The maximum Gasteiger partial charge on any atom is 0.249 e. The Labute approximate surface area is 86.4 Å². The van der Waals surface area contributed by atoms with Crippen LogP contribution < -0.4 is 10.6 Å². The van der Waals surface area contributed by atoms with Crippen molar-refractivity contribution >= 4 is 17.3 Å². The highest BCUT2D eigenvalue weighted by atomic mass is 19.1. The fourth-order valence-electron chi connectivity index (χ4n) is 1.52. The lowest BCUT2D eigenvalue weighted by atomic mass is 10.1. The third kappa shape index (κ3) is 1.78. The molecule has 1 unspecified atom stereocenters. The third-order valence-corrected chi connectivity index (χ3v) is 2.24. The molecule has 2 N–H and O–H groups in total. The van der Waals surface area contributed by atoms with Crippen LogP contribution in [-0.4, -0.2) is 25.7 Å². The number of anilines is 2. The van der Waals surface area contributed by atoms with Crippen molar-refractivity contribution < 1.29 is 13.9 Å². The molecular formula is C10H11FN2O2. The van der Waals surface area contributed by atoms with Crippen LogP contribution in [0.1, 0.15) is 0 Å². The Morgan fingerprint density at radius 1 is 1.53 bits per heavy atom. The normalized spacial score (nSPS) is 19.1. The largest absolute Gasteiger partial charge is 0.382 e. The van der Waals surface area contributed by atoms with E-state index in [4.69, 9.17) is 4.74 Å². The number of amides is 1. The highest BCUT2D eigenvalue weighted by Crippen LogP contribution is 2.28. The van der Waals surface area contributed by atoms with Crippen molar-refractivity contribution in [3.8, 4) is 0 Å². The number of nitrogens with one attached hydrogen (secondary N) is 2. The SMILES string of the molecule is COCC1Nc2cccc(F)c2NC1=O. The van der Waals surface area contributed by atoms with Crippen molar-refractivity contribution in [1.82, 2.24) is 0 Å². The Kier molecular flexibility index (Phi) is 2.55. The molecule has 0 bridgehead atoms. The average Bonchev–Trinajstić information content (AvgIpc) is 2.21. The summed E-state index contributed by atoms with van der Waals surface area (Å²) < 4.78 is 18.2. The number of hydrogen-bond donors (Lipinski definition) is 2. The molecule has 1 aromatic rings. The van der Waals surface area contributed by atoms with Crippen molar-refractivity contribution in [3.05, 3.63) is 24.0 Å². The zero-order chi connectivity index (χ0) is 10.8. The second kappa shape index (κ2) is 3.86. The maximum absolute atomic E-state index is 13.3. The molecule has 1 atom stereocenters. The standard InChI is InChI=1S/C10H11FN2O2/c1-15-5-8-10(14)13-9-6(11)3-2-4-7(9)12-8/h2-4,8,12H,5H2,1H3,(H,13,14). The second-order valence-corrected chi connectivity index (χ2v) is 3.30. The quantitative estimate of drug-likeness (QED) is 0.771. The van der Waals surface area contributed by atoms with Gasteiger partial charge in [-0.1, -0.05) is 6.07 Å². The summed E-state index contributed by atoms with van der Waals surface area (Å²) in [6, 6.07) is 4.13. The summed E-state index contributed by atoms with van der Waals surface area (Å²) >= 11 is 0. The van der Waals surface area contributed by atoms with Gasteiger partial charge in [0.15, 0.2) is 0 Å². The first-order valence-corrected chi connectivity index (χ1v) is 4.57. The summed E-state index contributed by atoms with van der Waals surface area (Å²) in [5.41, 5.74) is 0.784. The van der Waals surface area contributed by atoms with Gasteiger partial charge in [-0.15, -0.1) is 0 Å². The van der Waals surface area contributed by atoms with Gasteiger partial charge in [0, 0.05) is 7.11 Å². The highest BCUT2D eigenvalue weighted by Gasteiger charge is 2.26. The Morgan fingerprint density at radius 2 is 2.33 bits per heavy atom. The van der Waals surface area contributed by atoms with Crippen molar-refractivity contribution in [2.24, 2.45) is 0 Å². The number of ether oxygens (including phenoxy) is 1. The number of benzene rings is 1. The lowest BCUT2D eigenvalue weighted by Gasteiger charge is -2.26. The number of hydrogen-bond acceptors (Lipinski definition) is 3. The number of methoxy groups -OCH3 is 1. The number of carbonyl (C=O) groups is 1. The lowest BCUT2D eigenvalue weighted by Crippen LogP contribution is -2.42. The smallest absolute Gasteiger partial charge is 0.249 e. The van der Waals surface area contributed by atoms with Crippen molar-refractivity contribution in [3.63, 3.8) is 0 Å². The first-order chi connectivity index (χ1) is 7.22. The third-order valence-electron chi connectivity index (χ3n) is 2.24. The predicted octanol–water partition coefficient (Wildman–Crippen LogP) is 1.20. The summed E-state index contributed by atoms with van der Waals surface area (Å²) in [5.74, 6) is -0.723. The van der Waals surface area contributed by atoms with Gasteiger partial charge in [0.25, 0.3) is 0 Å². The summed E-state index contributed by atoms with van der Waals surface area (Å²) in [7, 11) is 1.51. The second-order valence-electron chi connectivity index (χ2n) is 3.30. The van der Waals surface area contributed by atoms with Crippen LogP contribution in [0.5, 0.6) is 0 Å². The molecule has 1 amide bonds. The van der Waals surface area contributed by atoms with E-state index in [1.807, 2.05) is 0 Å². The Bertz CT molecular complexity index is 395. The van der Waals surface area contributed by atoms with Crippen LogP contribution in [0.4, 0.5) is 15.8 Å². The number of fused-ring (bicyclic) bond motifs is 1. The van der Waals surface area contributed by atoms with Gasteiger partial charge < -0.3 is 15.4 Å². The fraction of sp³-hybridized carbons (Fsp3) is 0.300. The number of para-hydroxylation sites is 1. The summed E-state index contributed by atoms with van der Waals surface area (Å²) in [5, 5.41) is 5.42. The first kappa shape index (κ1) is 9.92. The Hall–Kier alpha value is -1.62. The zero-order valence-corrected chi connectivity index (χ0v) is 8.21. The topological polar surface area (TPSA) is 50.4 Å². The number of rotatable bonds is 2. The van der Waals surface area contributed by atoms with E-state index in [0.29, 0.717) is 5.69 Å². The first-order valence-electron chi connectivity index (χ1n) is 4.57. The van der Waals surface area contributed by atoms with Crippen LogP contribution in [0.3, 0.4) is 0 Å². The maximum atomic E-state index is 13.3. The molecule has 1 aromatic carbocycles. The van der Waals surface area contributed by atoms with Gasteiger partial charge in [-0.25, -0.2) is 4.39 Å². The minimum atomic E-state index is -0.468. The van der Waals surface area contributed by atoms with Gasteiger partial charge in [0.05, 0.1) is 12.3 Å². The van der Waals surface area contributed by atoms with Crippen LogP contribution >= 0.6 is 0 Å². The van der Waals surface area contributed by atoms with E-state index in [9.17, 15) is 9.18 Å². The molecule has 5 heteroatoms. The highest BCUT2D eigenvalue weighted by molar-refractivity contribution is 6.03. The molecule has 0 saturated heterocycles. The Morgan fingerprint density at radius 3 is 3.07 bits per heavy atom. The monoisotopic (exact) mass is 210 g/mol. The van der Waals surface area contributed by atoms with Crippen LogP contribution in [0, 0.1) is 5.82 Å². The summed E-state index contributed by atoms with van der Waals surface area (Å²) in [6.45, 7) is 0.252. The van der Waals surface area contributed by atoms with Crippen molar-refractivity contribution in [1.29, 1.82) is 0 Å². The number of carbonyl (C=O) groups excluding carboxylic acids is 1. The molecule has 15 heavy (non-hydrogen) atoms. The molecule has 80 valence electrons. The van der Waals surface area contributed by atoms with Gasteiger partial charge >= 0.3 is 0 Å². The zero-order valence-electron chi connectivity index (χ0n) is 8.21. The van der Waals surface area contributed by atoms with Crippen LogP contribution in [-0.2, 0) is 9.53 Å². The minimum Gasteiger partial charge on any atom is -0.382 e. The van der Waals surface area contributed by atoms with Crippen molar-refractivity contribution in [2.75, 3.05) is 24.4 Å². The summed E-state index contributed by atoms with van der Waals surface area (Å²) in [4.78, 5) is 11.5. The lowest BCUT2D eigenvalue weighted by molar-refractivity contribution is -0.118. The van der Waals surface area contributed by atoms with Crippen LogP contribution in [0.2, 0.25) is 0 Å². The van der Waals surface area contributed by atoms with Crippen LogP contribution in [0.15, 0.2) is 18.2 Å². The van der Waals surface area contributed by atoms with E-state index >= 15 is 0 Å². The van der Waals surface area contributed by atoms with Gasteiger partial charge in [-0.2, -0.15) is 0 Å².